The summed E-state index contributed by atoms with van der Waals surface area (Å²) >= 11 is 1.72. The lowest BCUT2D eigenvalue weighted by atomic mass is 10.3. The van der Waals surface area contributed by atoms with Gasteiger partial charge in [0.05, 0.1) is 12.3 Å². The summed E-state index contributed by atoms with van der Waals surface area (Å²) in [4.78, 5) is 5.96. The largest absolute Gasteiger partial charge is 0.486 e. The first-order chi connectivity index (χ1) is 10.3. The van der Waals surface area contributed by atoms with E-state index in [2.05, 4.69) is 17.2 Å². The molecule has 114 valence electrons. The average molecular weight is 306 g/mol. The normalized spacial score (nSPS) is 10.8. The Hall–Kier alpha value is -1.43. The summed E-state index contributed by atoms with van der Waals surface area (Å²) in [6, 6.07) is 9.85. The Kier molecular flexibility index (Phi) is 6.66. The number of thiazole rings is 1. The topological polar surface area (TPSA) is 43.4 Å². The third kappa shape index (κ3) is 5.12. The van der Waals surface area contributed by atoms with Gasteiger partial charge in [0.25, 0.3) is 0 Å². The number of nitrogens with zero attached hydrogens (tertiary/aromatic N) is 1. The van der Waals surface area contributed by atoms with Crippen molar-refractivity contribution in [3.05, 3.63) is 45.9 Å². The lowest BCUT2D eigenvalue weighted by molar-refractivity contribution is 0.199. The zero-order valence-corrected chi connectivity index (χ0v) is 13.4. The minimum Gasteiger partial charge on any atom is -0.486 e. The van der Waals surface area contributed by atoms with Gasteiger partial charge in [0.2, 0.25) is 0 Å². The quantitative estimate of drug-likeness (QED) is 0.723. The molecule has 0 saturated heterocycles. The highest BCUT2D eigenvalue weighted by atomic mass is 32.1. The predicted octanol–water partition coefficient (Wildman–Crippen LogP) is 3.02. The maximum absolute atomic E-state index is 5.76. The Balaban J connectivity index is 1.90. The molecule has 2 rings (SSSR count). The second kappa shape index (κ2) is 8.77. The van der Waals surface area contributed by atoms with E-state index in [-0.39, 0.29) is 0 Å². The van der Waals surface area contributed by atoms with Gasteiger partial charge in [0, 0.05) is 25.1 Å². The minimum absolute atomic E-state index is 0.528. The predicted molar refractivity (Wildman–Crippen MR) is 85.8 cm³/mol. The SMILES string of the molecule is CCc1nc(COc2ccccc2)sc1CNCCOC. The number of hydrogen-bond donors (Lipinski definition) is 1. The van der Waals surface area contributed by atoms with Crippen LogP contribution in [0.3, 0.4) is 0 Å². The summed E-state index contributed by atoms with van der Waals surface area (Å²) in [6.07, 6.45) is 0.948. The molecule has 0 unspecified atom stereocenters. The molecule has 0 amide bonds. The zero-order chi connectivity index (χ0) is 14.9. The number of ether oxygens (including phenoxy) is 2. The molecule has 0 fully saturated rings. The summed E-state index contributed by atoms with van der Waals surface area (Å²) in [5, 5.41) is 4.40. The third-order valence-corrected chi connectivity index (χ3v) is 4.10. The smallest absolute Gasteiger partial charge is 0.140 e. The van der Waals surface area contributed by atoms with Gasteiger partial charge in [-0.25, -0.2) is 4.98 Å². The number of hydrogen-bond acceptors (Lipinski definition) is 5. The Morgan fingerprint density at radius 2 is 2.05 bits per heavy atom. The van der Waals surface area contributed by atoms with E-state index >= 15 is 0 Å². The van der Waals surface area contributed by atoms with E-state index in [1.807, 2.05) is 30.3 Å². The second-order valence-electron chi connectivity index (χ2n) is 4.60. The van der Waals surface area contributed by atoms with Crippen molar-refractivity contribution >= 4 is 11.3 Å². The molecule has 21 heavy (non-hydrogen) atoms. The molecule has 2 aromatic rings. The Morgan fingerprint density at radius 3 is 2.76 bits per heavy atom. The van der Waals surface area contributed by atoms with E-state index in [9.17, 15) is 0 Å². The molecule has 0 atom stereocenters. The maximum Gasteiger partial charge on any atom is 0.140 e. The number of para-hydroxylation sites is 1. The van der Waals surface area contributed by atoms with Crippen molar-refractivity contribution in [1.29, 1.82) is 0 Å². The third-order valence-electron chi connectivity index (χ3n) is 3.03. The van der Waals surface area contributed by atoms with Crippen molar-refractivity contribution in [2.24, 2.45) is 0 Å². The molecule has 0 aliphatic carbocycles. The van der Waals surface area contributed by atoms with Gasteiger partial charge < -0.3 is 14.8 Å². The summed E-state index contributed by atoms with van der Waals surface area (Å²) < 4.78 is 10.8. The number of rotatable bonds is 9. The number of aryl methyl sites for hydroxylation is 1. The van der Waals surface area contributed by atoms with E-state index in [4.69, 9.17) is 9.47 Å². The Bertz CT molecular complexity index is 528. The summed E-state index contributed by atoms with van der Waals surface area (Å²) in [5.41, 5.74) is 1.16. The molecule has 1 heterocycles. The van der Waals surface area contributed by atoms with Crippen LogP contribution in [0.15, 0.2) is 30.3 Å². The van der Waals surface area contributed by atoms with Crippen LogP contribution >= 0.6 is 11.3 Å². The summed E-state index contributed by atoms with van der Waals surface area (Å²) in [5.74, 6) is 0.880. The number of methoxy groups -OCH3 is 1. The molecule has 0 saturated carbocycles. The van der Waals surface area contributed by atoms with Gasteiger partial charge in [-0.05, 0) is 18.6 Å². The summed E-state index contributed by atoms with van der Waals surface area (Å²) in [6.45, 7) is 5.09. The maximum atomic E-state index is 5.76. The van der Waals surface area contributed by atoms with Crippen LogP contribution in [0.2, 0.25) is 0 Å². The summed E-state index contributed by atoms with van der Waals surface area (Å²) in [7, 11) is 1.71. The van der Waals surface area contributed by atoms with Crippen molar-refractivity contribution in [3.63, 3.8) is 0 Å². The van der Waals surface area contributed by atoms with Crippen LogP contribution in [-0.4, -0.2) is 25.2 Å². The van der Waals surface area contributed by atoms with Crippen molar-refractivity contribution in [1.82, 2.24) is 10.3 Å². The van der Waals surface area contributed by atoms with Crippen molar-refractivity contribution in [3.8, 4) is 5.75 Å². The molecule has 1 aromatic heterocycles. The molecule has 0 bridgehead atoms. The van der Waals surface area contributed by atoms with Crippen molar-refractivity contribution in [2.75, 3.05) is 20.3 Å². The monoisotopic (exact) mass is 306 g/mol. The number of benzene rings is 1. The highest BCUT2D eigenvalue weighted by Crippen LogP contribution is 2.21. The highest BCUT2D eigenvalue weighted by Gasteiger charge is 2.10. The molecule has 0 radical (unpaired) electrons. The molecule has 0 aliphatic rings. The van der Waals surface area contributed by atoms with Gasteiger partial charge in [-0.2, -0.15) is 0 Å². The van der Waals surface area contributed by atoms with Gasteiger partial charge in [0.15, 0.2) is 0 Å². The molecule has 4 nitrogen and oxygen atoms in total. The first-order valence-electron chi connectivity index (χ1n) is 7.18. The number of nitrogens with one attached hydrogen (secondary N) is 1. The van der Waals surface area contributed by atoms with Crippen LogP contribution < -0.4 is 10.1 Å². The Morgan fingerprint density at radius 1 is 1.24 bits per heavy atom. The van der Waals surface area contributed by atoms with Crippen LogP contribution in [-0.2, 0) is 24.3 Å². The van der Waals surface area contributed by atoms with Crippen LogP contribution in [0.1, 0.15) is 22.5 Å². The van der Waals surface area contributed by atoms with Crippen LogP contribution in [0.5, 0.6) is 5.75 Å². The molecule has 1 N–H and O–H groups in total. The van der Waals surface area contributed by atoms with Gasteiger partial charge in [-0.3, -0.25) is 0 Å². The van der Waals surface area contributed by atoms with Gasteiger partial charge in [-0.15, -0.1) is 11.3 Å². The molecule has 1 aromatic carbocycles. The lowest BCUT2D eigenvalue weighted by Crippen LogP contribution is -2.18. The fourth-order valence-corrected chi connectivity index (χ4v) is 2.99. The fraction of sp³-hybridized carbons (Fsp3) is 0.438. The molecular weight excluding hydrogens is 284 g/mol. The van der Waals surface area contributed by atoms with Gasteiger partial charge in [-0.1, -0.05) is 25.1 Å². The first kappa shape index (κ1) is 15.9. The van der Waals surface area contributed by atoms with Crippen LogP contribution in [0.25, 0.3) is 0 Å². The minimum atomic E-state index is 0.528. The average Bonchev–Trinajstić information content (AvgIpc) is 2.93. The number of aromatic nitrogens is 1. The van der Waals surface area contributed by atoms with E-state index in [1.54, 1.807) is 18.4 Å². The first-order valence-corrected chi connectivity index (χ1v) is 8.00. The molecule has 0 aliphatic heterocycles. The second-order valence-corrected chi connectivity index (χ2v) is 5.77. The van der Waals surface area contributed by atoms with Crippen molar-refractivity contribution < 1.29 is 9.47 Å². The zero-order valence-electron chi connectivity index (χ0n) is 12.6. The molecule has 5 heteroatoms. The van der Waals surface area contributed by atoms with Crippen molar-refractivity contribution in [2.45, 2.75) is 26.5 Å². The standard InChI is InChI=1S/C16H22N2O2S/c1-3-14-15(11-17-9-10-19-2)21-16(18-14)12-20-13-7-5-4-6-8-13/h4-8,17H,3,9-12H2,1-2H3. The van der Waals surface area contributed by atoms with Crippen LogP contribution in [0.4, 0.5) is 0 Å². The lowest BCUT2D eigenvalue weighted by Gasteiger charge is -2.03. The fourth-order valence-electron chi connectivity index (χ4n) is 1.95. The van der Waals surface area contributed by atoms with Gasteiger partial charge >= 0.3 is 0 Å². The molecule has 0 spiro atoms. The Labute approximate surface area is 130 Å². The highest BCUT2D eigenvalue weighted by molar-refractivity contribution is 7.11. The van der Waals surface area contributed by atoms with E-state index in [0.29, 0.717) is 6.61 Å². The molecular formula is C16H22N2O2S. The van der Waals surface area contributed by atoms with Crippen LogP contribution in [0, 0.1) is 0 Å². The van der Waals surface area contributed by atoms with Gasteiger partial charge in [0.1, 0.15) is 17.4 Å². The van der Waals surface area contributed by atoms with E-state index in [0.717, 1.165) is 42.6 Å². The van der Waals surface area contributed by atoms with E-state index < -0.39 is 0 Å². The van der Waals surface area contributed by atoms with E-state index in [1.165, 1.54) is 4.88 Å².